The van der Waals surface area contributed by atoms with Crippen LogP contribution in [0.25, 0.3) is 0 Å². The molecule has 0 aliphatic heterocycles. The van der Waals surface area contributed by atoms with E-state index in [1.807, 2.05) is 13.8 Å². The maximum atomic E-state index is 4.29. The largest absolute Gasteiger partial charge is 0.176 e. The summed E-state index contributed by atoms with van der Waals surface area (Å²) in [7, 11) is 0. The predicted molar refractivity (Wildman–Crippen MR) is 42.6 cm³/mol. The number of hydrogen-bond donors (Lipinski definition) is 1. The van der Waals surface area contributed by atoms with E-state index in [1.54, 1.807) is 0 Å². The van der Waals surface area contributed by atoms with Crippen molar-refractivity contribution in [2.75, 3.05) is 0 Å². The number of rotatable bonds is 0. The molecule has 1 saturated carbocycles. The van der Waals surface area contributed by atoms with E-state index in [4.69, 9.17) is 0 Å². The van der Waals surface area contributed by atoms with Gasteiger partial charge in [0.1, 0.15) is 0 Å². The summed E-state index contributed by atoms with van der Waals surface area (Å²) in [5, 5.41) is 0.741. The average Bonchev–Trinajstić information content (AvgIpc) is 2.24. The Balaban J connectivity index is 0.000000222. The molecule has 0 aromatic carbocycles. The zero-order chi connectivity index (χ0) is 6.41. The first-order valence-electron chi connectivity index (χ1n) is 3.57. The van der Waals surface area contributed by atoms with E-state index in [1.165, 1.54) is 25.7 Å². The van der Waals surface area contributed by atoms with Crippen molar-refractivity contribution in [3.8, 4) is 0 Å². The first-order chi connectivity index (χ1) is 3.89. The number of thiol groups is 1. The van der Waals surface area contributed by atoms with E-state index in [9.17, 15) is 0 Å². The molecular weight excluding hydrogens is 116 g/mol. The van der Waals surface area contributed by atoms with Crippen molar-refractivity contribution in [2.24, 2.45) is 0 Å². The quantitative estimate of drug-likeness (QED) is 0.481. The summed E-state index contributed by atoms with van der Waals surface area (Å²) < 4.78 is 0. The van der Waals surface area contributed by atoms with Crippen LogP contribution in [0, 0.1) is 0 Å². The Labute approximate surface area is 58.1 Å². The Morgan fingerprint density at radius 3 is 1.62 bits per heavy atom. The van der Waals surface area contributed by atoms with Gasteiger partial charge in [-0.1, -0.05) is 26.7 Å². The highest BCUT2D eigenvalue weighted by Gasteiger charge is 2.08. The Hall–Kier alpha value is 0.350. The molecule has 1 fully saturated rings. The third-order valence-electron chi connectivity index (χ3n) is 1.32. The third-order valence-corrected chi connectivity index (χ3v) is 1.84. The normalized spacial score (nSPS) is 19.9. The summed E-state index contributed by atoms with van der Waals surface area (Å²) in [5.74, 6) is 0. The Morgan fingerprint density at radius 1 is 1.12 bits per heavy atom. The van der Waals surface area contributed by atoms with Crippen molar-refractivity contribution in [3.63, 3.8) is 0 Å². The fourth-order valence-electron chi connectivity index (χ4n) is 0.904. The third kappa shape index (κ3) is 3.36. The molecule has 0 saturated heterocycles. The van der Waals surface area contributed by atoms with Crippen molar-refractivity contribution < 1.29 is 0 Å². The van der Waals surface area contributed by atoms with Crippen LogP contribution in [0.3, 0.4) is 0 Å². The second kappa shape index (κ2) is 5.49. The van der Waals surface area contributed by atoms with Crippen molar-refractivity contribution in [3.05, 3.63) is 0 Å². The maximum absolute atomic E-state index is 4.29. The van der Waals surface area contributed by atoms with Gasteiger partial charge in [-0.2, -0.15) is 12.6 Å². The first-order valence-corrected chi connectivity index (χ1v) is 4.09. The summed E-state index contributed by atoms with van der Waals surface area (Å²) in [5.41, 5.74) is 0. The van der Waals surface area contributed by atoms with Crippen LogP contribution in [-0.2, 0) is 0 Å². The highest BCUT2D eigenvalue weighted by atomic mass is 32.1. The van der Waals surface area contributed by atoms with Crippen molar-refractivity contribution in [1.29, 1.82) is 0 Å². The van der Waals surface area contributed by atoms with Crippen molar-refractivity contribution >= 4 is 12.6 Å². The molecule has 1 rings (SSSR count). The van der Waals surface area contributed by atoms with Crippen molar-refractivity contribution in [2.45, 2.75) is 44.8 Å². The van der Waals surface area contributed by atoms with Gasteiger partial charge in [-0.15, -0.1) is 0 Å². The molecule has 0 radical (unpaired) electrons. The van der Waals surface area contributed by atoms with Crippen LogP contribution in [0.2, 0.25) is 0 Å². The molecule has 1 aliphatic carbocycles. The van der Waals surface area contributed by atoms with Crippen LogP contribution < -0.4 is 0 Å². The van der Waals surface area contributed by atoms with Gasteiger partial charge < -0.3 is 0 Å². The molecule has 0 aromatic heterocycles. The van der Waals surface area contributed by atoms with E-state index in [0.29, 0.717) is 0 Å². The molecule has 0 amide bonds. The first kappa shape index (κ1) is 8.35. The molecule has 0 atom stereocenters. The van der Waals surface area contributed by atoms with Gasteiger partial charge in [0.25, 0.3) is 0 Å². The smallest absolute Gasteiger partial charge is 0.00168 e. The molecule has 1 heteroatoms. The van der Waals surface area contributed by atoms with Gasteiger partial charge in [-0.25, -0.2) is 0 Å². The highest BCUT2D eigenvalue weighted by Crippen LogP contribution is 2.21. The zero-order valence-corrected chi connectivity index (χ0v) is 6.75. The van der Waals surface area contributed by atoms with E-state index >= 15 is 0 Å². The minimum absolute atomic E-state index is 0.741. The lowest BCUT2D eigenvalue weighted by molar-refractivity contribution is 0.886. The summed E-state index contributed by atoms with van der Waals surface area (Å²) in [6.45, 7) is 4.00. The maximum Gasteiger partial charge on any atom is 0.00168 e. The minimum atomic E-state index is 0.741. The van der Waals surface area contributed by atoms with Gasteiger partial charge in [0, 0.05) is 5.25 Å². The van der Waals surface area contributed by atoms with E-state index < -0.39 is 0 Å². The lowest BCUT2D eigenvalue weighted by Gasteiger charge is -1.90. The van der Waals surface area contributed by atoms with E-state index in [2.05, 4.69) is 12.6 Å². The zero-order valence-electron chi connectivity index (χ0n) is 5.85. The minimum Gasteiger partial charge on any atom is -0.176 e. The molecular formula is C7H16S. The Kier molecular flexibility index (Phi) is 5.73. The lowest BCUT2D eigenvalue weighted by atomic mass is 10.4. The fraction of sp³-hybridized carbons (Fsp3) is 1.00. The molecule has 0 unspecified atom stereocenters. The summed E-state index contributed by atoms with van der Waals surface area (Å²) in [6.07, 6.45) is 5.52. The van der Waals surface area contributed by atoms with Crippen LogP contribution in [0.1, 0.15) is 39.5 Å². The molecule has 0 heterocycles. The summed E-state index contributed by atoms with van der Waals surface area (Å²) >= 11 is 4.29. The monoisotopic (exact) mass is 132 g/mol. The Bertz CT molecular complexity index is 37.7. The fourth-order valence-corrected chi connectivity index (χ4v) is 1.27. The molecule has 0 N–H and O–H groups in total. The molecule has 8 heavy (non-hydrogen) atoms. The standard InChI is InChI=1S/C5H10S.C2H6/c6-5-3-1-2-4-5;1-2/h5-6H,1-4H2;1-2H3. The second-order valence-electron chi connectivity index (χ2n) is 1.94. The topological polar surface area (TPSA) is 0 Å². The molecule has 0 nitrogen and oxygen atoms in total. The average molecular weight is 132 g/mol. The number of hydrogen-bond acceptors (Lipinski definition) is 1. The molecule has 0 bridgehead atoms. The van der Waals surface area contributed by atoms with E-state index in [0.717, 1.165) is 5.25 Å². The SMILES string of the molecule is CC.SC1CCCC1. The van der Waals surface area contributed by atoms with Gasteiger partial charge in [0.2, 0.25) is 0 Å². The van der Waals surface area contributed by atoms with Gasteiger partial charge in [0.05, 0.1) is 0 Å². The van der Waals surface area contributed by atoms with Crippen molar-refractivity contribution in [1.82, 2.24) is 0 Å². The van der Waals surface area contributed by atoms with Gasteiger partial charge >= 0.3 is 0 Å². The van der Waals surface area contributed by atoms with Crippen LogP contribution >= 0.6 is 12.6 Å². The van der Waals surface area contributed by atoms with Crippen LogP contribution in [0.5, 0.6) is 0 Å². The predicted octanol–water partition coefficient (Wildman–Crippen LogP) is 2.89. The summed E-state index contributed by atoms with van der Waals surface area (Å²) in [4.78, 5) is 0. The molecule has 50 valence electrons. The molecule has 0 aromatic rings. The van der Waals surface area contributed by atoms with Gasteiger partial charge in [-0.05, 0) is 12.8 Å². The van der Waals surface area contributed by atoms with Crippen LogP contribution in [0.4, 0.5) is 0 Å². The lowest BCUT2D eigenvalue weighted by Crippen LogP contribution is -1.83. The van der Waals surface area contributed by atoms with Crippen LogP contribution in [-0.4, -0.2) is 5.25 Å². The molecule has 0 spiro atoms. The van der Waals surface area contributed by atoms with Gasteiger partial charge in [-0.3, -0.25) is 0 Å². The van der Waals surface area contributed by atoms with Crippen LogP contribution in [0.15, 0.2) is 0 Å². The van der Waals surface area contributed by atoms with Gasteiger partial charge in [0.15, 0.2) is 0 Å². The van der Waals surface area contributed by atoms with E-state index in [-0.39, 0.29) is 0 Å². The second-order valence-corrected chi connectivity index (χ2v) is 2.67. The molecule has 1 aliphatic rings. The highest BCUT2D eigenvalue weighted by molar-refractivity contribution is 7.80. The summed E-state index contributed by atoms with van der Waals surface area (Å²) in [6, 6.07) is 0. The Morgan fingerprint density at radius 2 is 1.50 bits per heavy atom.